The SMILES string of the molecule is CCCC(CC)C(=O)Nc1cc(OCCC(C)C)cc(C(N)=O)c1. The predicted octanol–water partition coefficient (Wildman–Crippen LogP) is 3.98. The van der Waals surface area contributed by atoms with Gasteiger partial charge in [-0.25, -0.2) is 0 Å². The molecule has 1 aromatic carbocycles. The molecule has 1 unspecified atom stereocenters. The Bertz CT molecular complexity index is 556. The summed E-state index contributed by atoms with van der Waals surface area (Å²) >= 11 is 0. The molecular weight excluding hydrogens is 304 g/mol. The topological polar surface area (TPSA) is 81.4 Å². The summed E-state index contributed by atoms with van der Waals surface area (Å²) in [4.78, 5) is 23.9. The Morgan fingerprint density at radius 3 is 2.42 bits per heavy atom. The molecule has 5 heteroatoms. The molecule has 0 aliphatic heterocycles. The zero-order valence-electron chi connectivity index (χ0n) is 15.2. The largest absolute Gasteiger partial charge is 0.493 e. The highest BCUT2D eigenvalue weighted by molar-refractivity contribution is 5.97. The highest BCUT2D eigenvalue weighted by atomic mass is 16.5. The molecule has 3 N–H and O–H groups in total. The van der Waals surface area contributed by atoms with Crippen LogP contribution < -0.4 is 15.8 Å². The fourth-order valence-electron chi connectivity index (χ4n) is 2.42. The average molecular weight is 334 g/mol. The van der Waals surface area contributed by atoms with Crippen LogP contribution in [-0.2, 0) is 4.79 Å². The van der Waals surface area contributed by atoms with Gasteiger partial charge in [-0.2, -0.15) is 0 Å². The lowest BCUT2D eigenvalue weighted by atomic mass is 9.99. The Balaban J connectivity index is 2.90. The summed E-state index contributed by atoms with van der Waals surface area (Å²) in [6.45, 7) is 8.85. The molecule has 134 valence electrons. The van der Waals surface area contributed by atoms with Gasteiger partial charge in [0.15, 0.2) is 0 Å². The minimum absolute atomic E-state index is 0.0301. The number of nitrogens with two attached hydrogens (primary N) is 1. The molecule has 0 aliphatic rings. The maximum absolute atomic E-state index is 12.4. The van der Waals surface area contributed by atoms with Crippen LogP contribution in [0, 0.1) is 11.8 Å². The molecule has 0 fully saturated rings. The number of rotatable bonds is 10. The van der Waals surface area contributed by atoms with Gasteiger partial charge >= 0.3 is 0 Å². The van der Waals surface area contributed by atoms with Crippen molar-refractivity contribution in [1.29, 1.82) is 0 Å². The Labute approximate surface area is 145 Å². The minimum Gasteiger partial charge on any atom is -0.493 e. The fourth-order valence-corrected chi connectivity index (χ4v) is 2.42. The number of carbonyl (C=O) groups excluding carboxylic acids is 2. The monoisotopic (exact) mass is 334 g/mol. The maximum Gasteiger partial charge on any atom is 0.248 e. The van der Waals surface area contributed by atoms with Crippen molar-refractivity contribution < 1.29 is 14.3 Å². The number of nitrogens with one attached hydrogen (secondary N) is 1. The molecule has 1 atom stereocenters. The van der Waals surface area contributed by atoms with E-state index in [4.69, 9.17) is 10.5 Å². The van der Waals surface area contributed by atoms with Crippen LogP contribution >= 0.6 is 0 Å². The van der Waals surface area contributed by atoms with Crippen LogP contribution in [0.2, 0.25) is 0 Å². The second-order valence-electron chi connectivity index (χ2n) is 6.52. The summed E-state index contributed by atoms with van der Waals surface area (Å²) in [7, 11) is 0. The first-order chi connectivity index (χ1) is 11.4. The summed E-state index contributed by atoms with van der Waals surface area (Å²) in [6.07, 6.45) is 3.50. The van der Waals surface area contributed by atoms with E-state index in [2.05, 4.69) is 26.1 Å². The Kier molecular flexibility index (Phi) is 8.30. The summed E-state index contributed by atoms with van der Waals surface area (Å²) < 4.78 is 5.71. The van der Waals surface area contributed by atoms with Crippen LogP contribution in [0.4, 0.5) is 5.69 Å². The number of amides is 2. The second kappa shape index (κ2) is 9.96. The van der Waals surface area contributed by atoms with Crippen LogP contribution in [0.15, 0.2) is 18.2 Å². The molecule has 24 heavy (non-hydrogen) atoms. The average Bonchev–Trinajstić information content (AvgIpc) is 2.51. The molecular formula is C19H30N2O3. The molecule has 0 aromatic heterocycles. The smallest absolute Gasteiger partial charge is 0.248 e. The van der Waals surface area contributed by atoms with Gasteiger partial charge in [0.2, 0.25) is 11.8 Å². The van der Waals surface area contributed by atoms with Crippen LogP contribution in [-0.4, -0.2) is 18.4 Å². The zero-order chi connectivity index (χ0) is 18.1. The number of carbonyl (C=O) groups is 2. The molecule has 5 nitrogen and oxygen atoms in total. The molecule has 0 aliphatic carbocycles. The molecule has 0 saturated heterocycles. The van der Waals surface area contributed by atoms with Crippen LogP contribution in [0.5, 0.6) is 5.75 Å². The van der Waals surface area contributed by atoms with E-state index in [0.29, 0.717) is 29.5 Å². The van der Waals surface area contributed by atoms with Gasteiger partial charge in [0.05, 0.1) is 6.61 Å². The fraction of sp³-hybridized carbons (Fsp3) is 0.579. The Morgan fingerprint density at radius 1 is 1.17 bits per heavy atom. The molecule has 0 saturated carbocycles. The van der Waals surface area contributed by atoms with Crippen molar-refractivity contribution in [2.24, 2.45) is 17.6 Å². The summed E-state index contributed by atoms with van der Waals surface area (Å²) in [6, 6.07) is 4.94. The number of anilines is 1. The lowest BCUT2D eigenvalue weighted by Crippen LogP contribution is -2.22. The quantitative estimate of drug-likeness (QED) is 0.679. The van der Waals surface area contributed by atoms with E-state index < -0.39 is 5.91 Å². The number of ether oxygens (including phenoxy) is 1. The lowest BCUT2D eigenvalue weighted by molar-refractivity contribution is -0.120. The number of benzene rings is 1. The third-order valence-electron chi connectivity index (χ3n) is 3.92. The van der Waals surface area contributed by atoms with E-state index in [-0.39, 0.29) is 11.8 Å². The number of hydrogen-bond acceptors (Lipinski definition) is 3. The molecule has 2 amide bonds. The first-order valence-corrected chi connectivity index (χ1v) is 8.75. The molecule has 0 radical (unpaired) electrons. The van der Waals surface area contributed by atoms with Crippen molar-refractivity contribution in [3.63, 3.8) is 0 Å². The minimum atomic E-state index is -0.541. The van der Waals surface area contributed by atoms with Gasteiger partial charge in [0, 0.05) is 23.2 Å². The van der Waals surface area contributed by atoms with Gasteiger partial charge in [-0.05, 0) is 37.3 Å². The highest BCUT2D eigenvalue weighted by Gasteiger charge is 2.16. The summed E-state index contributed by atoms with van der Waals surface area (Å²) in [5.41, 5.74) is 6.26. The number of primary amides is 1. The van der Waals surface area contributed by atoms with E-state index >= 15 is 0 Å². The number of hydrogen-bond donors (Lipinski definition) is 2. The predicted molar refractivity (Wildman–Crippen MR) is 97.2 cm³/mol. The molecule has 0 bridgehead atoms. The summed E-state index contributed by atoms with van der Waals surface area (Å²) in [5.74, 6) is 0.473. The molecule has 0 spiro atoms. The third-order valence-corrected chi connectivity index (χ3v) is 3.92. The zero-order valence-corrected chi connectivity index (χ0v) is 15.2. The Hall–Kier alpha value is -2.04. The van der Waals surface area contributed by atoms with E-state index in [1.54, 1.807) is 18.2 Å². The van der Waals surface area contributed by atoms with Crippen molar-refractivity contribution in [3.05, 3.63) is 23.8 Å². The molecule has 0 heterocycles. The molecule has 1 rings (SSSR count). The van der Waals surface area contributed by atoms with Crippen molar-refractivity contribution in [2.75, 3.05) is 11.9 Å². The first-order valence-electron chi connectivity index (χ1n) is 8.75. The second-order valence-corrected chi connectivity index (χ2v) is 6.52. The van der Waals surface area contributed by atoms with Crippen LogP contribution in [0.25, 0.3) is 0 Å². The van der Waals surface area contributed by atoms with Crippen molar-refractivity contribution in [2.45, 2.75) is 53.4 Å². The lowest BCUT2D eigenvalue weighted by Gasteiger charge is -2.16. The van der Waals surface area contributed by atoms with Crippen molar-refractivity contribution >= 4 is 17.5 Å². The molecule has 1 aromatic rings. The van der Waals surface area contributed by atoms with Crippen molar-refractivity contribution in [3.8, 4) is 5.75 Å². The maximum atomic E-state index is 12.4. The first kappa shape index (κ1) is 20.0. The van der Waals surface area contributed by atoms with Crippen molar-refractivity contribution in [1.82, 2.24) is 0 Å². The van der Waals surface area contributed by atoms with Gasteiger partial charge in [-0.15, -0.1) is 0 Å². The van der Waals surface area contributed by atoms with Gasteiger partial charge < -0.3 is 15.8 Å². The van der Waals surface area contributed by atoms with E-state index in [0.717, 1.165) is 25.7 Å². The van der Waals surface area contributed by atoms with E-state index in [1.165, 1.54) is 0 Å². The van der Waals surface area contributed by atoms with E-state index in [9.17, 15) is 9.59 Å². The van der Waals surface area contributed by atoms with E-state index in [1.807, 2.05) is 6.92 Å². The van der Waals surface area contributed by atoms with Gasteiger partial charge in [0.25, 0.3) is 0 Å². The summed E-state index contributed by atoms with van der Waals surface area (Å²) in [5, 5.41) is 2.89. The van der Waals surface area contributed by atoms with Gasteiger partial charge in [-0.1, -0.05) is 34.1 Å². The highest BCUT2D eigenvalue weighted by Crippen LogP contribution is 2.23. The van der Waals surface area contributed by atoms with Gasteiger partial charge in [0.1, 0.15) is 5.75 Å². The third kappa shape index (κ3) is 6.60. The van der Waals surface area contributed by atoms with Crippen LogP contribution in [0.3, 0.4) is 0 Å². The van der Waals surface area contributed by atoms with Crippen LogP contribution in [0.1, 0.15) is 63.7 Å². The standard InChI is InChI=1S/C19H30N2O3/c1-5-7-14(6-2)19(23)21-16-10-15(18(20)22)11-17(12-16)24-9-8-13(3)4/h10-14H,5-9H2,1-4H3,(H2,20,22)(H,21,23). The van der Waals surface area contributed by atoms with Gasteiger partial charge in [-0.3, -0.25) is 9.59 Å². The Morgan fingerprint density at radius 2 is 1.88 bits per heavy atom. The normalized spacial score (nSPS) is 12.0.